The van der Waals surface area contributed by atoms with Gasteiger partial charge in [-0.15, -0.1) is 0 Å². The van der Waals surface area contributed by atoms with Gasteiger partial charge in [0.05, 0.1) is 18.0 Å². The van der Waals surface area contributed by atoms with Gasteiger partial charge in [-0.2, -0.15) is 5.26 Å². The Morgan fingerprint density at radius 3 is 1.47 bits per heavy atom. The Bertz CT molecular complexity index is 1270. The Kier molecular flexibility index (Phi) is 15.9. The number of hydrogen-bond donors (Lipinski definition) is 2. The van der Waals surface area contributed by atoms with E-state index in [9.17, 15) is 14.7 Å². The van der Waals surface area contributed by atoms with Gasteiger partial charge >= 0.3 is 7.75 Å². The summed E-state index contributed by atoms with van der Waals surface area (Å²) in [5.41, 5.74) is 0.415. The molecule has 0 bridgehead atoms. The van der Waals surface area contributed by atoms with Gasteiger partial charge in [-0.05, 0) is 57.2 Å². The molecular formula is C40H58N3O3P. The molecule has 2 atom stereocenters. The smallest absolute Gasteiger partial charge is 0.312 e. The molecule has 256 valence electrons. The van der Waals surface area contributed by atoms with Gasteiger partial charge in [0.2, 0.25) is 0 Å². The Morgan fingerprint density at radius 2 is 1.11 bits per heavy atom. The number of unbranched alkanes of at least 4 members (excludes halogenated alkanes) is 9. The topological polar surface area (TPSA) is 85.6 Å². The molecule has 0 saturated heterocycles. The van der Waals surface area contributed by atoms with Crippen LogP contribution in [0.4, 0.5) is 0 Å². The van der Waals surface area contributed by atoms with Gasteiger partial charge in [0.15, 0.2) is 0 Å². The molecule has 7 heteroatoms. The molecule has 3 rings (SSSR count). The lowest BCUT2D eigenvalue weighted by Gasteiger charge is -2.47. The maximum absolute atomic E-state index is 14.4. The van der Waals surface area contributed by atoms with Crippen molar-refractivity contribution < 1.29 is 14.0 Å². The van der Waals surface area contributed by atoms with E-state index in [2.05, 4.69) is 54.7 Å². The van der Waals surface area contributed by atoms with Gasteiger partial charge in [0.25, 0.3) is 0 Å². The van der Waals surface area contributed by atoms with Crippen molar-refractivity contribution in [3.05, 3.63) is 108 Å². The molecular weight excluding hydrogens is 601 g/mol. The second-order valence-corrected chi connectivity index (χ2v) is 15.0. The molecule has 6 nitrogen and oxygen atoms in total. The highest BCUT2D eigenvalue weighted by atomic mass is 31.2. The minimum atomic E-state index is -4.39. The fourth-order valence-corrected chi connectivity index (χ4v) is 8.82. The Morgan fingerprint density at radius 1 is 0.723 bits per heavy atom. The van der Waals surface area contributed by atoms with Crippen molar-refractivity contribution in [2.45, 2.75) is 135 Å². The third kappa shape index (κ3) is 10.9. The summed E-state index contributed by atoms with van der Waals surface area (Å²) in [6, 6.07) is 32.2. The predicted molar refractivity (Wildman–Crippen MR) is 195 cm³/mol. The quantitative estimate of drug-likeness (QED) is 0.0483. The van der Waals surface area contributed by atoms with Crippen LogP contribution in [0.2, 0.25) is 0 Å². The second-order valence-electron chi connectivity index (χ2n) is 13.4. The zero-order chi connectivity index (χ0) is 34.2. The van der Waals surface area contributed by atoms with Gasteiger partial charge in [0.1, 0.15) is 5.72 Å². The third-order valence-electron chi connectivity index (χ3n) is 8.98. The van der Waals surface area contributed by atoms with Crippen molar-refractivity contribution in [2.75, 3.05) is 0 Å². The van der Waals surface area contributed by atoms with E-state index < -0.39 is 19.0 Å². The normalized spacial score (nSPS) is 14.6. The summed E-state index contributed by atoms with van der Waals surface area (Å²) >= 11 is 0. The van der Waals surface area contributed by atoms with Crippen molar-refractivity contribution in [1.82, 2.24) is 9.99 Å². The first-order chi connectivity index (χ1) is 22.6. The number of benzene rings is 3. The molecule has 47 heavy (non-hydrogen) atoms. The SMILES string of the molecule is CCCCCCCCCCCCC(CC#N)(NC(c1ccccc1)(c1ccccc1)c1ccccc1)OP(=O)(O)N(C(C)C)C(C)C. The summed E-state index contributed by atoms with van der Waals surface area (Å²) in [5.74, 6) is 0. The number of nitrogens with one attached hydrogen (secondary N) is 1. The highest BCUT2D eigenvalue weighted by molar-refractivity contribution is 7.50. The molecule has 0 aliphatic rings. The van der Waals surface area contributed by atoms with E-state index in [1.807, 2.05) is 82.3 Å². The molecule has 0 radical (unpaired) electrons. The van der Waals surface area contributed by atoms with E-state index in [4.69, 9.17) is 4.52 Å². The molecule has 0 heterocycles. The van der Waals surface area contributed by atoms with E-state index in [0.29, 0.717) is 6.42 Å². The van der Waals surface area contributed by atoms with Gasteiger partial charge < -0.3 is 4.89 Å². The van der Waals surface area contributed by atoms with Crippen molar-refractivity contribution in [1.29, 1.82) is 5.26 Å². The van der Waals surface area contributed by atoms with Crippen LogP contribution in [0.15, 0.2) is 91.0 Å². The summed E-state index contributed by atoms with van der Waals surface area (Å²) in [4.78, 5) is 11.8. The van der Waals surface area contributed by atoms with Crippen LogP contribution < -0.4 is 5.32 Å². The number of hydrogen-bond acceptors (Lipinski definition) is 4. The molecule has 0 aromatic heterocycles. The average Bonchev–Trinajstić information content (AvgIpc) is 3.05. The highest BCUT2D eigenvalue weighted by Gasteiger charge is 2.49. The minimum Gasteiger partial charge on any atom is -0.312 e. The molecule has 2 unspecified atom stereocenters. The van der Waals surface area contributed by atoms with Crippen LogP contribution >= 0.6 is 7.75 Å². The first-order valence-corrected chi connectivity index (χ1v) is 19.3. The fourth-order valence-electron chi connectivity index (χ4n) is 6.90. The van der Waals surface area contributed by atoms with Crippen LogP contribution in [0.25, 0.3) is 0 Å². The zero-order valence-corrected chi connectivity index (χ0v) is 30.3. The highest BCUT2D eigenvalue weighted by Crippen LogP contribution is 2.54. The largest absolute Gasteiger partial charge is 0.407 e. The molecule has 0 spiro atoms. The standard InChI is InChI=1S/C40H58N3O3P/c1-6-7-8-9-10-11-12-13-14-24-31-39(32-33-41,46-47(44,45)43(34(2)3)35(4)5)42-40(36-25-18-15-19-26-36,37-27-20-16-21-28-37)38-29-22-17-23-30-38/h15-23,25-30,34-35,42H,6-14,24,31-32H2,1-5H3,(H,44,45). The lowest BCUT2D eigenvalue weighted by atomic mass is 9.75. The fraction of sp³-hybridized carbons (Fsp3) is 0.525. The van der Waals surface area contributed by atoms with Gasteiger partial charge in [0, 0.05) is 12.1 Å². The van der Waals surface area contributed by atoms with Crippen LogP contribution in [-0.2, 0) is 14.6 Å². The second kappa shape index (κ2) is 19.3. The van der Waals surface area contributed by atoms with E-state index >= 15 is 0 Å². The van der Waals surface area contributed by atoms with Crippen molar-refractivity contribution in [3.8, 4) is 6.07 Å². The Hall–Kier alpha value is -2.78. The van der Waals surface area contributed by atoms with E-state index in [1.165, 1.54) is 49.6 Å². The van der Waals surface area contributed by atoms with Gasteiger partial charge in [-0.3, -0.25) is 9.84 Å². The molecule has 3 aromatic carbocycles. The van der Waals surface area contributed by atoms with Crippen molar-refractivity contribution >= 4 is 7.75 Å². The van der Waals surface area contributed by atoms with Crippen LogP contribution in [0, 0.1) is 11.3 Å². The summed E-state index contributed by atoms with van der Waals surface area (Å²) in [6.45, 7) is 9.84. The van der Waals surface area contributed by atoms with Gasteiger partial charge in [-0.25, -0.2) is 9.24 Å². The minimum absolute atomic E-state index is 0.104. The van der Waals surface area contributed by atoms with Crippen molar-refractivity contribution in [2.24, 2.45) is 0 Å². The van der Waals surface area contributed by atoms with Gasteiger partial charge in [-0.1, -0.05) is 156 Å². The zero-order valence-electron chi connectivity index (χ0n) is 29.4. The van der Waals surface area contributed by atoms with Crippen molar-refractivity contribution in [3.63, 3.8) is 0 Å². The number of rotatable bonds is 22. The lowest BCUT2D eigenvalue weighted by Crippen LogP contribution is -2.59. The molecule has 3 aromatic rings. The Balaban J connectivity index is 2.09. The molecule has 2 N–H and O–H groups in total. The van der Waals surface area contributed by atoms with E-state index in [-0.39, 0.29) is 18.5 Å². The summed E-state index contributed by atoms with van der Waals surface area (Å²) in [7, 11) is -4.39. The summed E-state index contributed by atoms with van der Waals surface area (Å²) in [6.07, 6.45) is 11.9. The van der Waals surface area contributed by atoms with E-state index in [0.717, 1.165) is 36.0 Å². The van der Waals surface area contributed by atoms with E-state index in [1.54, 1.807) is 0 Å². The lowest BCUT2D eigenvalue weighted by molar-refractivity contribution is -0.0182. The van der Waals surface area contributed by atoms with Crippen LogP contribution in [-0.4, -0.2) is 27.4 Å². The number of nitriles is 1. The summed E-state index contributed by atoms with van der Waals surface area (Å²) < 4.78 is 22.5. The molecule has 0 fully saturated rings. The molecule has 0 aliphatic heterocycles. The summed E-state index contributed by atoms with van der Waals surface area (Å²) in [5, 5.41) is 14.2. The molecule has 0 saturated carbocycles. The Labute approximate surface area is 285 Å². The first kappa shape index (κ1) is 38.7. The maximum atomic E-state index is 14.4. The van der Waals surface area contributed by atoms with Crippen LogP contribution in [0.5, 0.6) is 0 Å². The third-order valence-corrected chi connectivity index (χ3v) is 11.1. The molecule has 0 aliphatic carbocycles. The molecule has 0 amide bonds. The van der Waals surface area contributed by atoms with Crippen LogP contribution in [0.3, 0.4) is 0 Å². The maximum Gasteiger partial charge on any atom is 0.407 e. The number of nitrogens with zero attached hydrogens (tertiary/aromatic N) is 2. The average molecular weight is 660 g/mol. The predicted octanol–water partition coefficient (Wildman–Crippen LogP) is 10.7. The first-order valence-electron chi connectivity index (χ1n) is 17.8. The van der Waals surface area contributed by atoms with Crippen LogP contribution in [0.1, 0.15) is 128 Å². The monoisotopic (exact) mass is 659 g/mol.